The molecule has 8 heteroatoms. The molecule has 0 aromatic heterocycles. The summed E-state index contributed by atoms with van der Waals surface area (Å²) in [4.78, 5) is 23.7. The first-order chi connectivity index (χ1) is 14.0. The van der Waals surface area contributed by atoms with Crippen molar-refractivity contribution >= 4 is 46.2 Å². The van der Waals surface area contributed by atoms with Gasteiger partial charge in [-0.15, -0.1) is 0 Å². The molecule has 0 bridgehead atoms. The molecule has 1 unspecified atom stereocenters. The van der Waals surface area contributed by atoms with E-state index in [1.807, 2.05) is 48.5 Å². The lowest BCUT2D eigenvalue weighted by molar-refractivity contribution is -0.131. The highest BCUT2D eigenvalue weighted by atomic mass is 32.2. The van der Waals surface area contributed by atoms with Gasteiger partial charge in [0.05, 0.1) is 17.6 Å². The SMILES string of the molecule is O=C1COCC(Cc2ccc(Oc3ccc(/C=C4\SC(=S)NC4=O)cc3)cc2)N1. The largest absolute Gasteiger partial charge is 0.457 e. The van der Waals surface area contributed by atoms with Gasteiger partial charge < -0.3 is 20.1 Å². The van der Waals surface area contributed by atoms with Crippen molar-refractivity contribution in [2.45, 2.75) is 12.5 Å². The van der Waals surface area contributed by atoms with Crippen LogP contribution in [0.25, 0.3) is 6.08 Å². The number of nitrogens with one attached hydrogen (secondary N) is 2. The smallest absolute Gasteiger partial charge is 0.263 e. The first-order valence-corrected chi connectivity index (χ1v) is 10.3. The van der Waals surface area contributed by atoms with Crippen LogP contribution in [0.4, 0.5) is 0 Å². The molecule has 0 saturated carbocycles. The van der Waals surface area contributed by atoms with E-state index >= 15 is 0 Å². The Kier molecular flexibility index (Phi) is 5.94. The fourth-order valence-electron chi connectivity index (χ4n) is 3.03. The summed E-state index contributed by atoms with van der Waals surface area (Å²) in [7, 11) is 0. The molecule has 4 rings (SSSR count). The predicted molar refractivity (Wildman–Crippen MR) is 116 cm³/mol. The molecule has 0 spiro atoms. The molecular weight excluding hydrogens is 408 g/mol. The number of benzene rings is 2. The van der Waals surface area contributed by atoms with Crippen molar-refractivity contribution in [2.75, 3.05) is 13.2 Å². The summed E-state index contributed by atoms with van der Waals surface area (Å²) in [5.41, 5.74) is 1.99. The van der Waals surface area contributed by atoms with Crippen LogP contribution in [0, 0.1) is 0 Å². The Bertz CT molecular complexity index is 971. The second-order valence-electron chi connectivity index (χ2n) is 6.65. The average molecular weight is 427 g/mol. The highest BCUT2D eigenvalue weighted by Crippen LogP contribution is 2.27. The van der Waals surface area contributed by atoms with Crippen LogP contribution in [0.2, 0.25) is 0 Å². The summed E-state index contributed by atoms with van der Waals surface area (Å²) < 4.78 is 11.6. The van der Waals surface area contributed by atoms with Crippen LogP contribution in [0.5, 0.6) is 11.5 Å². The van der Waals surface area contributed by atoms with Crippen molar-refractivity contribution < 1.29 is 19.1 Å². The number of carbonyl (C=O) groups is 2. The third-order valence-electron chi connectivity index (χ3n) is 4.38. The minimum Gasteiger partial charge on any atom is -0.457 e. The Labute approximate surface area is 177 Å². The number of hydrogen-bond donors (Lipinski definition) is 2. The first-order valence-electron chi connectivity index (χ1n) is 9.04. The van der Waals surface area contributed by atoms with Gasteiger partial charge in [0.15, 0.2) is 0 Å². The van der Waals surface area contributed by atoms with Gasteiger partial charge in [-0.3, -0.25) is 9.59 Å². The molecule has 2 aromatic carbocycles. The maximum absolute atomic E-state index is 11.7. The maximum atomic E-state index is 11.7. The van der Waals surface area contributed by atoms with Crippen LogP contribution in [0.15, 0.2) is 53.4 Å². The van der Waals surface area contributed by atoms with E-state index in [2.05, 4.69) is 10.6 Å². The van der Waals surface area contributed by atoms with Crippen LogP contribution in [-0.2, 0) is 20.7 Å². The molecule has 2 aromatic rings. The number of ether oxygens (including phenoxy) is 2. The number of hydrogen-bond acceptors (Lipinski definition) is 6. The monoisotopic (exact) mass is 426 g/mol. The van der Waals surface area contributed by atoms with Crippen LogP contribution < -0.4 is 15.4 Å². The number of carbonyl (C=O) groups excluding carboxylic acids is 2. The molecule has 2 heterocycles. The first kappa shape index (κ1) is 19.6. The van der Waals surface area contributed by atoms with Crippen molar-refractivity contribution in [3.8, 4) is 11.5 Å². The third kappa shape index (κ3) is 5.23. The summed E-state index contributed by atoms with van der Waals surface area (Å²) in [6, 6.07) is 15.2. The zero-order valence-corrected chi connectivity index (χ0v) is 17.0. The fourth-order valence-corrected chi connectivity index (χ4v) is 4.08. The lowest BCUT2D eigenvalue weighted by Gasteiger charge is -2.23. The third-order valence-corrected chi connectivity index (χ3v) is 5.54. The fraction of sp³-hybridized carbons (Fsp3) is 0.190. The number of rotatable bonds is 5. The highest BCUT2D eigenvalue weighted by molar-refractivity contribution is 8.26. The summed E-state index contributed by atoms with van der Waals surface area (Å²) in [6.07, 6.45) is 2.51. The topological polar surface area (TPSA) is 76.7 Å². The van der Waals surface area contributed by atoms with E-state index in [0.29, 0.717) is 28.0 Å². The molecule has 2 fully saturated rings. The van der Waals surface area contributed by atoms with Gasteiger partial charge in [-0.25, -0.2) is 0 Å². The van der Waals surface area contributed by atoms with Gasteiger partial charge in [-0.05, 0) is 47.9 Å². The number of amides is 2. The minimum absolute atomic E-state index is 0.000786. The predicted octanol–water partition coefficient (Wildman–Crippen LogP) is 3.03. The molecule has 29 heavy (non-hydrogen) atoms. The van der Waals surface area contributed by atoms with Crippen molar-refractivity contribution in [1.82, 2.24) is 10.6 Å². The number of thioether (sulfide) groups is 1. The molecule has 0 radical (unpaired) electrons. The van der Waals surface area contributed by atoms with Gasteiger partial charge >= 0.3 is 0 Å². The van der Waals surface area contributed by atoms with Gasteiger partial charge in [0, 0.05) is 0 Å². The molecule has 0 aliphatic carbocycles. The van der Waals surface area contributed by atoms with E-state index < -0.39 is 0 Å². The molecule has 2 amide bonds. The van der Waals surface area contributed by atoms with E-state index in [0.717, 1.165) is 16.9 Å². The molecule has 2 aliphatic heterocycles. The van der Waals surface area contributed by atoms with E-state index in [4.69, 9.17) is 21.7 Å². The van der Waals surface area contributed by atoms with Gasteiger partial charge in [-0.2, -0.15) is 0 Å². The van der Waals surface area contributed by atoms with Crippen LogP contribution in [0.1, 0.15) is 11.1 Å². The number of thiocarbonyl (C=S) groups is 1. The summed E-state index contributed by atoms with van der Waals surface area (Å²) in [5.74, 6) is 1.18. The zero-order chi connectivity index (χ0) is 20.2. The van der Waals surface area contributed by atoms with E-state index in [1.165, 1.54) is 11.8 Å². The second kappa shape index (κ2) is 8.77. The van der Waals surface area contributed by atoms with E-state index in [-0.39, 0.29) is 24.5 Å². The molecular formula is C21H18N2O4S2. The Balaban J connectivity index is 1.35. The van der Waals surface area contributed by atoms with Crippen molar-refractivity contribution in [1.29, 1.82) is 0 Å². The van der Waals surface area contributed by atoms with Crippen LogP contribution >= 0.6 is 24.0 Å². The van der Waals surface area contributed by atoms with Gasteiger partial charge in [-0.1, -0.05) is 48.2 Å². The Hall–Kier alpha value is -2.68. The minimum atomic E-state index is -0.167. The number of morpholine rings is 1. The van der Waals surface area contributed by atoms with E-state index in [1.54, 1.807) is 6.08 Å². The molecule has 1 atom stereocenters. The lowest BCUT2D eigenvalue weighted by Crippen LogP contribution is -2.46. The van der Waals surface area contributed by atoms with Crippen LogP contribution in [0.3, 0.4) is 0 Å². The zero-order valence-electron chi connectivity index (χ0n) is 15.3. The van der Waals surface area contributed by atoms with Crippen molar-refractivity contribution in [2.24, 2.45) is 0 Å². The van der Waals surface area contributed by atoms with Crippen LogP contribution in [-0.4, -0.2) is 35.4 Å². The molecule has 2 N–H and O–H groups in total. The van der Waals surface area contributed by atoms with Gasteiger partial charge in [0.25, 0.3) is 5.91 Å². The molecule has 2 aliphatic rings. The van der Waals surface area contributed by atoms with Crippen molar-refractivity contribution in [3.05, 3.63) is 64.6 Å². The summed E-state index contributed by atoms with van der Waals surface area (Å²) in [6.45, 7) is 0.664. The lowest BCUT2D eigenvalue weighted by atomic mass is 10.1. The molecule has 148 valence electrons. The Morgan fingerprint density at radius 1 is 1.10 bits per heavy atom. The van der Waals surface area contributed by atoms with Crippen molar-refractivity contribution in [3.63, 3.8) is 0 Å². The normalized spacial score (nSPS) is 20.5. The van der Waals surface area contributed by atoms with Gasteiger partial charge in [0.1, 0.15) is 22.4 Å². The van der Waals surface area contributed by atoms with E-state index in [9.17, 15) is 9.59 Å². The Morgan fingerprint density at radius 2 is 1.79 bits per heavy atom. The maximum Gasteiger partial charge on any atom is 0.263 e. The summed E-state index contributed by atoms with van der Waals surface area (Å²) in [5, 5.41) is 5.52. The Morgan fingerprint density at radius 3 is 2.41 bits per heavy atom. The summed E-state index contributed by atoms with van der Waals surface area (Å²) >= 11 is 6.25. The highest BCUT2D eigenvalue weighted by Gasteiger charge is 2.22. The molecule has 2 saturated heterocycles. The quantitative estimate of drug-likeness (QED) is 0.565. The molecule has 6 nitrogen and oxygen atoms in total. The average Bonchev–Trinajstić information content (AvgIpc) is 3.02. The standard InChI is InChI=1S/C21H18N2O4S2/c24-19-12-26-11-15(22-19)9-13-1-5-16(6-2-13)27-17-7-3-14(4-8-17)10-18-20(25)23-21(28)29-18/h1-8,10,15H,9,11-12H2,(H,22,24)(H,23,25,28)/b18-10-. The second-order valence-corrected chi connectivity index (χ2v) is 8.37. The van der Waals surface area contributed by atoms with Gasteiger partial charge in [0.2, 0.25) is 5.91 Å².